The van der Waals surface area contributed by atoms with Gasteiger partial charge in [-0.2, -0.15) is 5.10 Å². The van der Waals surface area contributed by atoms with Crippen molar-refractivity contribution >= 4 is 17.3 Å². The first kappa shape index (κ1) is 18.0. The van der Waals surface area contributed by atoms with Crippen LogP contribution in [0.3, 0.4) is 0 Å². The molecule has 136 valence electrons. The van der Waals surface area contributed by atoms with E-state index in [0.717, 1.165) is 10.2 Å². The predicted molar refractivity (Wildman–Crippen MR) is 99.8 cm³/mol. The molecule has 0 saturated heterocycles. The molecule has 1 N–H and O–H groups in total. The third-order valence-electron chi connectivity index (χ3n) is 3.86. The first-order valence-electron chi connectivity index (χ1n) is 8.12. The standard InChI is InChI=1S/C19H16N4O4/c1-13-5-7-15(8-6-13)20-19(25)17-9-10-18(24)22(21-17)12-14-3-2-4-16(11-14)23(26)27/h2-11H,12H2,1H3,(H,20,25). The van der Waals surface area contributed by atoms with Gasteiger partial charge >= 0.3 is 0 Å². The van der Waals surface area contributed by atoms with Crippen molar-refractivity contribution < 1.29 is 9.72 Å². The van der Waals surface area contributed by atoms with E-state index < -0.39 is 16.4 Å². The highest BCUT2D eigenvalue weighted by Crippen LogP contribution is 2.14. The van der Waals surface area contributed by atoms with Gasteiger partial charge in [0.25, 0.3) is 17.2 Å². The predicted octanol–water partition coefficient (Wildman–Crippen LogP) is 2.76. The lowest BCUT2D eigenvalue weighted by Crippen LogP contribution is -2.26. The van der Waals surface area contributed by atoms with Crippen LogP contribution < -0.4 is 10.9 Å². The maximum absolute atomic E-state index is 12.4. The molecule has 0 saturated carbocycles. The van der Waals surface area contributed by atoms with Gasteiger partial charge in [0.05, 0.1) is 11.5 Å². The summed E-state index contributed by atoms with van der Waals surface area (Å²) in [7, 11) is 0. The maximum Gasteiger partial charge on any atom is 0.276 e. The lowest BCUT2D eigenvalue weighted by molar-refractivity contribution is -0.384. The van der Waals surface area contributed by atoms with Crippen LogP contribution in [-0.4, -0.2) is 20.6 Å². The van der Waals surface area contributed by atoms with Gasteiger partial charge in [0.15, 0.2) is 0 Å². The summed E-state index contributed by atoms with van der Waals surface area (Å²) in [5, 5.41) is 17.7. The molecular weight excluding hydrogens is 348 g/mol. The highest BCUT2D eigenvalue weighted by Gasteiger charge is 2.12. The van der Waals surface area contributed by atoms with E-state index in [1.807, 2.05) is 19.1 Å². The molecule has 8 nitrogen and oxygen atoms in total. The minimum absolute atomic E-state index is 0.0200. The van der Waals surface area contributed by atoms with E-state index in [2.05, 4.69) is 10.4 Å². The number of rotatable bonds is 5. The molecule has 1 heterocycles. The molecule has 0 aliphatic rings. The van der Waals surface area contributed by atoms with Gasteiger partial charge in [0.2, 0.25) is 0 Å². The second-order valence-corrected chi connectivity index (χ2v) is 5.96. The summed E-state index contributed by atoms with van der Waals surface area (Å²) in [6.07, 6.45) is 0. The number of benzene rings is 2. The number of aryl methyl sites for hydroxylation is 1. The van der Waals surface area contributed by atoms with Gasteiger partial charge in [-0.3, -0.25) is 19.7 Å². The summed E-state index contributed by atoms with van der Waals surface area (Å²) in [4.78, 5) is 34.8. The largest absolute Gasteiger partial charge is 0.321 e. The molecule has 0 aliphatic heterocycles. The third-order valence-corrected chi connectivity index (χ3v) is 3.86. The number of nitrogens with one attached hydrogen (secondary N) is 1. The molecule has 3 rings (SSSR count). The van der Waals surface area contributed by atoms with E-state index in [4.69, 9.17) is 0 Å². The first-order valence-corrected chi connectivity index (χ1v) is 8.12. The van der Waals surface area contributed by atoms with Crippen molar-refractivity contribution in [2.45, 2.75) is 13.5 Å². The molecule has 2 aromatic carbocycles. The van der Waals surface area contributed by atoms with E-state index in [9.17, 15) is 19.7 Å². The Morgan fingerprint density at radius 2 is 1.89 bits per heavy atom. The summed E-state index contributed by atoms with van der Waals surface area (Å²) in [6.45, 7) is 1.96. The normalized spacial score (nSPS) is 10.4. The molecule has 0 fully saturated rings. The van der Waals surface area contributed by atoms with E-state index in [-0.39, 0.29) is 17.9 Å². The summed E-state index contributed by atoms with van der Waals surface area (Å²) in [6, 6.07) is 15.8. The van der Waals surface area contributed by atoms with Crippen LogP contribution in [0.5, 0.6) is 0 Å². The third kappa shape index (κ3) is 4.43. The van der Waals surface area contributed by atoms with Crippen LogP contribution in [0.1, 0.15) is 21.6 Å². The molecule has 0 unspecified atom stereocenters. The Kier molecular flexibility index (Phi) is 5.07. The van der Waals surface area contributed by atoms with Crippen LogP contribution in [0, 0.1) is 17.0 Å². The average Bonchev–Trinajstić information content (AvgIpc) is 2.65. The number of hydrogen-bond acceptors (Lipinski definition) is 5. The fourth-order valence-electron chi connectivity index (χ4n) is 2.46. The number of carbonyl (C=O) groups is 1. The summed E-state index contributed by atoms with van der Waals surface area (Å²) in [5.74, 6) is -0.452. The Balaban J connectivity index is 1.82. The Labute approximate surface area is 154 Å². The fraction of sp³-hybridized carbons (Fsp3) is 0.105. The molecule has 0 atom stereocenters. The Morgan fingerprint density at radius 3 is 2.59 bits per heavy atom. The van der Waals surface area contributed by atoms with Crippen molar-refractivity contribution in [2.24, 2.45) is 0 Å². The summed E-state index contributed by atoms with van der Waals surface area (Å²) >= 11 is 0. The van der Waals surface area contributed by atoms with Crippen LogP contribution in [0.15, 0.2) is 65.5 Å². The van der Waals surface area contributed by atoms with Crippen molar-refractivity contribution in [3.63, 3.8) is 0 Å². The molecule has 3 aromatic rings. The number of anilines is 1. The molecule has 0 bridgehead atoms. The summed E-state index contributed by atoms with van der Waals surface area (Å²) in [5.41, 5.74) is 1.80. The van der Waals surface area contributed by atoms with E-state index in [1.165, 1.54) is 30.3 Å². The first-order chi connectivity index (χ1) is 12.9. The van der Waals surface area contributed by atoms with E-state index in [1.54, 1.807) is 18.2 Å². The van der Waals surface area contributed by atoms with E-state index >= 15 is 0 Å². The zero-order chi connectivity index (χ0) is 19.4. The highest BCUT2D eigenvalue weighted by atomic mass is 16.6. The van der Waals surface area contributed by atoms with Gasteiger partial charge in [-0.15, -0.1) is 0 Å². The van der Waals surface area contributed by atoms with Crippen molar-refractivity contribution in [3.05, 3.63) is 98.0 Å². The lowest BCUT2D eigenvalue weighted by atomic mass is 10.2. The van der Waals surface area contributed by atoms with Crippen molar-refractivity contribution in [2.75, 3.05) is 5.32 Å². The number of amides is 1. The molecule has 27 heavy (non-hydrogen) atoms. The monoisotopic (exact) mass is 364 g/mol. The Bertz CT molecular complexity index is 1060. The number of nitro groups is 1. The highest BCUT2D eigenvalue weighted by molar-refractivity contribution is 6.02. The van der Waals surface area contributed by atoms with Crippen LogP contribution in [-0.2, 0) is 6.54 Å². The quantitative estimate of drug-likeness (QED) is 0.553. The van der Waals surface area contributed by atoms with Crippen LogP contribution in [0.2, 0.25) is 0 Å². The average molecular weight is 364 g/mol. The minimum Gasteiger partial charge on any atom is -0.321 e. The molecule has 1 aromatic heterocycles. The van der Waals surface area contributed by atoms with Crippen LogP contribution in [0.4, 0.5) is 11.4 Å². The van der Waals surface area contributed by atoms with Crippen molar-refractivity contribution in [3.8, 4) is 0 Å². The second-order valence-electron chi connectivity index (χ2n) is 5.96. The van der Waals surface area contributed by atoms with Gasteiger partial charge in [-0.1, -0.05) is 29.8 Å². The second kappa shape index (κ2) is 7.61. The smallest absolute Gasteiger partial charge is 0.276 e. The molecule has 0 radical (unpaired) electrons. The molecule has 0 spiro atoms. The molecule has 1 amide bonds. The van der Waals surface area contributed by atoms with Crippen LogP contribution >= 0.6 is 0 Å². The number of nitro benzene ring substituents is 1. The van der Waals surface area contributed by atoms with Crippen molar-refractivity contribution in [1.29, 1.82) is 0 Å². The number of nitrogens with zero attached hydrogens (tertiary/aromatic N) is 3. The minimum atomic E-state index is -0.509. The van der Waals surface area contributed by atoms with Gasteiger partial charge in [-0.05, 0) is 30.7 Å². The van der Waals surface area contributed by atoms with Crippen molar-refractivity contribution in [1.82, 2.24) is 9.78 Å². The maximum atomic E-state index is 12.4. The van der Waals surface area contributed by atoms with E-state index in [0.29, 0.717) is 11.3 Å². The Morgan fingerprint density at radius 1 is 1.15 bits per heavy atom. The molecule has 8 heteroatoms. The van der Waals surface area contributed by atoms with Gasteiger partial charge < -0.3 is 5.32 Å². The topological polar surface area (TPSA) is 107 Å². The number of non-ortho nitro benzene ring substituents is 1. The number of carbonyl (C=O) groups excluding carboxylic acids is 1. The fourth-order valence-corrected chi connectivity index (χ4v) is 2.46. The number of aromatic nitrogens is 2. The van der Waals surface area contributed by atoms with Gasteiger partial charge in [0, 0.05) is 23.9 Å². The van der Waals surface area contributed by atoms with Crippen LogP contribution in [0.25, 0.3) is 0 Å². The zero-order valence-corrected chi connectivity index (χ0v) is 14.5. The van der Waals surface area contributed by atoms with Gasteiger partial charge in [0.1, 0.15) is 5.69 Å². The Hall–Kier alpha value is -3.81. The SMILES string of the molecule is Cc1ccc(NC(=O)c2ccc(=O)n(Cc3cccc([N+](=O)[O-])c3)n2)cc1. The lowest BCUT2D eigenvalue weighted by Gasteiger charge is -2.08. The molecule has 0 aliphatic carbocycles. The zero-order valence-electron chi connectivity index (χ0n) is 14.5. The van der Waals surface area contributed by atoms with Gasteiger partial charge in [-0.25, -0.2) is 4.68 Å². The molecular formula is C19H16N4O4. The summed E-state index contributed by atoms with van der Waals surface area (Å²) < 4.78 is 1.10. The number of hydrogen-bond donors (Lipinski definition) is 1.